The Balaban J connectivity index is 1.02. The van der Waals surface area contributed by atoms with E-state index < -0.39 is 0 Å². The summed E-state index contributed by atoms with van der Waals surface area (Å²) in [5, 5.41) is 0. The fourth-order valence-electron chi connectivity index (χ4n) is 12.0. The minimum atomic E-state index is -0.0564. The second kappa shape index (κ2) is 11.8. The quantitative estimate of drug-likeness (QED) is 0.170. The third-order valence-electron chi connectivity index (χ3n) is 13.9. The van der Waals surface area contributed by atoms with Gasteiger partial charge in [0.1, 0.15) is 0 Å². The van der Waals surface area contributed by atoms with Crippen LogP contribution in [0.25, 0.3) is 61.3 Å². The van der Waals surface area contributed by atoms with E-state index in [9.17, 15) is 0 Å². The normalized spacial score (nSPS) is 24.2. The molecule has 5 aromatic carbocycles. The average molecular weight is 687 g/mol. The molecule has 0 saturated heterocycles. The molecule has 5 fully saturated rings. The van der Waals surface area contributed by atoms with Crippen LogP contribution in [0.2, 0.25) is 0 Å². The van der Waals surface area contributed by atoms with E-state index >= 15 is 0 Å². The molecule has 1 spiro atoms. The van der Waals surface area contributed by atoms with Gasteiger partial charge < -0.3 is 0 Å². The van der Waals surface area contributed by atoms with E-state index in [1.54, 1.807) is 5.56 Å². The highest BCUT2D eigenvalue weighted by Gasteiger charge is 2.51. The van der Waals surface area contributed by atoms with Crippen molar-refractivity contribution in [3.63, 3.8) is 0 Å². The lowest BCUT2D eigenvalue weighted by atomic mass is 9.48. The fraction of sp³-hybridized carbons (Fsp3) is 0.306. The maximum absolute atomic E-state index is 7.44. The van der Waals surface area contributed by atoms with Crippen molar-refractivity contribution in [3.8, 4) is 56.4 Å². The van der Waals surface area contributed by atoms with Gasteiger partial charge in [0.15, 0.2) is 23.2 Å². The lowest BCUT2D eigenvalue weighted by molar-refractivity contribution is -0.00518. The fourth-order valence-corrected chi connectivity index (χ4v) is 12.0. The summed E-state index contributed by atoms with van der Waals surface area (Å²) in [7, 11) is 0. The zero-order chi connectivity index (χ0) is 35.1. The van der Waals surface area contributed by atoms with Gasteiger partial charge in [0.25, 0.3) is 0 Å². The molecular weight excluding hydrogens is 645 g/mol. The van der Waals surface area contributed by atoms with Crippen LogP contribution in [0.4, 0.5) is 5.69 Å². The van der Waals surface area contributed by atoms with Gasteiger partial charge in [-0.25, -0.2) is 19.8 Å². The van der Waals surface area contributed by atoms with Crippen LogP contribution in [0.3, 0.4) is 0 Å². The summed E-state index contributed by atoms with van der Waals surface area (Å²) in [4.78, 5) is 19.0. The summed E-state index contributed by atoms with van der Waals surface area (Å²) >= 11 is 0. The molecule has 1 heterocycles. The zero-order valence-electron chi connectivity index (χ0n) is 30.1. The molecule has 6 aliphatic rings. The maximum atomic E-state index is 7.44. The molecule has 53 heavy (non-hydrogen) atoms. The molecule has 0 unspecified atom stereocenters. The Morgan fingerprint density at radius 1 is 0.528 bits per heavy atom. The Hall–Kier alpha value is -5.40. The van der Waals surface area contributed by atoms with Crippen molar-refractivity contribution in [2.75, 3.05) is 0 Å². The standard InChI is InChI=1S/C49H42N4/c1-50-39-19-14-36(15-20-39)46-51-45(35-8-3-2-4-9-35)52-47(53-46)41-11-7-10-40-42-27-37(16-21-43(42)49(44(40)41)22-5-6-23-49)34-12-17-38(18-13-34)48-28-31-24-32(29-48)26-33(25-31)30-48/h2-4,7-21,27,31-33H,5-6,22-26,28-30H2. The molecular formula is C49H42N4. The van der Waals surface area contributed by atoms with Crippen LogP contribution in [0, 0.1) is 24.3 Å². The molecule has 12 rings (SSSR count). The highest BCUT2D eigenvalue weighted by molar-refractivity contribution is 5.90. The van der Waals surface area contributed by atoms with Crippen molar-refractivity contribution in [2.45, 2.75) is 75.0 Å². The zero-order valence-corrected chi connectivity index (χ0v) is 30.1. The van der Waals surface area contributed by atoms with Crippen LogP contribution >= 0.6 is 0 Å². The first-order valence-electron chi connectivity index (χ1n) is 19.8. The molecule has 6 aliphatic carbocycles. The average Bonchev–Trinajstić information content (AvgIpc) is 3.81. The summed E-state index contributed by atoms with van der Waals surface area (Å²) < 4.78 is 0. The molecule has 0 atom stereocenters. The Morgan fingerprint density at radius 2 is 1.11 bits per heavy atom. The summed E-state index contributed by atoms with van der Waals surface area (Å²) in [5.41, 5.74) is 13.6. The first-order chi connectivity index (χ1) is 26.1. The molecule has 5 saturated carbocycles. The van der Waals surface area contributed by atoms with Crippen molar-refractivity contribution in [1.82, 2.24) is 15.0 Å². The Kier molecular flexibility index (Phi) is 6.94. The van der Waals surface area contributed by atoms with Crippen LogP contribution in [0.1, 0.15) is 80.9 Å². The van der Waals surface area contributed by atoms with Gasteiger partial charge in [-0.1, -0.05) is 122 Å². The van der Waals surface area contributed by atoms with Gasteiger partial charge in [0.2, 0.25) is 0 Å². The van der Waals surface area contributed by atoms with E-state index in [2.05, 4.69) is 77.6 Å². The van der Waals surface area contributed by atoms with Crippen molar-refractivity contribution < 1.29 is 0 Å². The number of fused-ring (bicyclic) bond motifs is 5. The van der Waals surface area contributed by atoms with E-state index in [1.807, 2.05) is 42.5 Å². The number of rotatable bonds is 5. The lowest BCUT2D eigenvalue weighted by Gasteiger charge is -2.57. The minimum absolute atomic E-state index is 0.0564. The topological polar surface area (TPSA) is 43.0 Å². The molecule has 1 aromatic heterocycles. The smallest absolute Gasteiger partial charge is 0.187 e. The highest BCUT2D eigenvalue weighted by atomic mass is 15.0. The molecule has 4 heteroatoms. The third-order valence-corrected chi connectivity index (χ3v) is 13.9. The van der Waals surface area contributed by atoms with Gasteiger partial charge in [-0.05, 0) is 120 Å². The molecule has 4 nitrogen and oxygen atoms in total. The van der Waals surface area contributed by atoms with Crippen molar-refractivity contribution >= 4 is 5.69 Å². The van der Waals surface area contributed by atoms with Crippen LogP contribution in [0.5, 0.6) is 0 Å². The largest absolute Gasteiger partial charge is 0.238 e. The van der Waals surface area contributed by atoms with E-state index in [-0.39, 0.29) is 5.41 Å². The maximum Gasteiger partial charge on any atom is 0.187 e. The first kappa shape index (κ1) is 31.2. The predicted octanol–water partition coefficient (Wildman–Crippen LogP) is 12.4. The van der Waals surface area contributed by atoms with Crippen LogP contribution in [0.15, 0.2) is 115 Å². The van der Waals surface area contributed by atoms with E-state index in [4.69, 9.17) is 21.5 Å². The lowest BCUT2D eigenvalue weighted by Crippen LogP contribution is -2.48. The number of hydrogen-bond acceptors (Lipinski definition) is 3. The van der Waals surface area contributed by atoms with Crippen molar-refractivity contribution in [1.29, 1.82) is 0 Å². The molecule has 0 radical (unpaired) electrons. The van der Waals surface area contributed by atoms with Crippen LogP contribution < -0.4 is 0 Å². The summed E-state index contributed by atoms with van der Waals surface area (Å²) in [5.74, 6) is 4.86. The van der Waals surface area contributed by atoms with E-state index in [0.717, 1.165) is 47.3 Å². The number of aromatic nitrogens is 3. The van der Waals surface area contributed by atoms with Gasteiger partial charge in [-0.2, -0.15) is 0 Å². The SMILES string of the molecule is [C-]#[N+]c1ccc(-c2nc(-c3ccccc3)nc(-c3cccc4c3C3(CCCC3)c3ccc(-c5ccc(C67CC8CC(CC(C8)C6)C7)cc5)cc3-4)n2)cc1. The van der Waals surface area contributed by atoms with E-state index in [1.165, 1.54) is 84.7 Å². The minimum Gasteiger partial charge on any atom is -0.238 e. The highest BCUT2D eigenvalue weighted by Crippen LogP contribution is 2.62. The molecule has 258 valence electrons. The molecule has 4 bridgehead atoms. The Bertz CT molecular complexity index is 2400. The molecule has 0 aliphatic heterocycles. The first-order valence-corrected chi connectivity index (χ1v) is 19.8. The van der Waals surface area contributed by atoms with Gasteiger partial charge in [-0.3, -0.25) is 0 Å². The van der Waals surface area contributed by atoms with E-state index in [0.29, 0.717) is 28.6 Å². The van der Waals surface area contributed by atoms with Crippen molar-refractivity contribution in [2.24, 2.45) is 17.8 Å². The molecule has 0 N–H and O–H groups in total. The van der Waals surface area contributed by atoms with Gasteiger partial charge >= 0.3 is 0 Å². The van der Waals surface area contributed by atoms with Crippen LogP contribution in [-0.4, -0.2) is 15.0 Å². The summed E-state index contributed by atoms with van der Waals surface area (Å²) in [6.07, 6.45) is 13.4. The molecule has 6 aromatic rings. The van der Waals surface area contributed by atoms with Gasteiger partial charge in [0, 0.05) is 22.1 Å². The number of nitrogens with zero attached hydrogens (tertiary/aromatic N) is 4. The Morgan fingerprint density at radius 3 is 1.77 bits per heavy atom. The van der Waals surface area contributed by atoms with Crippen molar-refractivity contribution in [3.05, 3.63) is 143 Å². The second-order valence-corrected chi connectivity index (χ2v) is 16.9. The van der Waals surface area contributed by atoms with Crippen LogP contribution in [-0.2, 0) is 10.8 Å². The Labute approximate surface area is 312 Å². The van der Waals surface area contributed by atoms with Gasteiger partial charge in [0.05, 0.1) is 6.57 Å². The van der Waals surface area contributed by atoms with Gasteiger partial charge in [-0.15, -0.1) is 0 Å². The summed E-state index contributed by atoms with van der Waals surface area (Å²) in [6, 6.07) is 41.6. The predicted molar refractivity (Wildman–Crippen MR) is 212 cm³/mol. The second-order valence-electron chi connectivity index (χ2n) is 16.9. The number of hydrogen-bond donors (Lipinski definition) is 0. The monoisotopic (exact) mass is 686 g/mol. The summed E-state index contributed by atoms with van der Waals surface area (Å²) in [6.45, 7) is 7.44. The molecule has 0 amide bonds. The third kappa shape index (κ3) is 4.90. The number of benzene rings is 5.